The molecule has 0 spiro atoms. The Morgan fingerprint density at radius 2 is 1.74 bits per heavy atom. The van der Waals surface area contributed by atoms with Gasteiger partial charge < -0.3 is 16.0 Å². The number of piperidine rings is 1. The van der Waals surface area contributed by atoms with Gasteiger partial charge in [-0.15, -0.1) is 11.3 Å². The van der Waals surface area contributed by atoms with Crippen LogP contribution < -0.4 is 11.1 Å². The Morgan fingerprint density at radius 3 is 2.44 bits per heavy atom. The second kappa shape index (κ2) is 13.4. The third-order valence-corrected chi connectivity index (χ3v) is 9.88. The van der Waals surface area contributed by atoms with Gasteiger partial charge in [-0.2, -0.15) is 0 Å². The largest absolute Gasteiger partial charge is 0.352 e. The normalized spacial score (nSPS) is 26.5. The summed E-state index contributed by atoms with van der Waals surface area (Å²) in [5.74, 6) is 0.0547. The molecule has 0 bridgehead atoms. The van der Waals surface area contributed by atoms with Gasteiger partial charge in [0.05, 0.1) is 0 Å². The third-order valence-electron chi connectivity index (χ3n) is 9.02. The molecule has 1 saturated heterocycles. The molecular formula is C31H43FN4O2S. The van der Waals surface area contributed by atoms with Crippen LogP contribution in [0.15, 0.2) is 41.8 Å². The van der Waals surface area contributed by atoms with Gasteiger partial charge >= 0.3 is 0 Å². The molecule has 3 N–H and O–H groups in total. The standard InChI is InChI=1S/C31H43FN4O2S/c32-24-10-8-23(9-11-24)31(38)36-17-16-27(19-29(36)30(37)34-26-14-12-25(33)13-15-26)35(21-28-7-4-18-39-28)20-22-5-2-1-3-6-22/h4,7-11,18,22,25-27,29H,1-3,5-6,12-17,19-21,33H2,(H,34,37)/t25?,26?,27?,29-/m1/s1. The van der Waals surface area contributed by atoms with Crippen LogP contribution in [0.3, 0.4) is 0 Å². The van der Waals surface area contributed by atoms with Crippen LogP contribution in [0.4, 0.5) is 4.39 Å². The molecule has 1 aromatic carbocycles. The Labute approximate surface area is 236 Å². The highest BCUT2D eigenvalue weighted by Gasteiger charge is 2.40. The number of likely N-dealkylation sites (tertiary alicyclic amines) is 1. The van der Waals surface area contributed by atoms with Crippen LogP contribution in [0.5, 0.6) is 0 Å². The molecule has 39 heavy (non-hydrogen) atoms. The minimum atomic E-state index is -0.547. The second-order valence-corrected chi connectivity index (χ2v) is 12.9. The zero-order chi connectivity index (χ0) is 27.2. The quantitative estimate of drug-likeness (QED) is 0.463. The molecule has 1 unspecified atom stereocenters. The van der Waals surface area contributed by atoms with Crippen molar-refractivity contribution in [1.82, 2.24) is 15.1 Å². The maximum Gasteiger partial charge on any atom is 0.254 e. The summed E-state index contributed by atoms with van der Waals surface area (Å²) in [5.41, 5.74) is 6.52. The minimum absolute atomic E-state index is 0.0654. The van der Waals surface area contributed by atoms with Crippen LogP contribution in [0, 0.1) is 11.7 Å². The van der Waals surface area contributed by atoms with E-state index < -0.39 is 6.04 Å². The molecule has 2 aliphatic carbocycles. The number of carbonyl (C=O) groups is 2. The van der Waals surface area contributed by atoms with Crippen LogP contribution in [-0.4, -0.2) is 58.9 Å². The molecule has 212 valence electrons. The Bertz CT molecular complexity index is 1060. The van der Waals surface area contributed by atoms with E-state index in [1.54, 1.807) is 16.2 Å². The van der Waals surface area contributed by atoms with Crippen molar-refractivity contribution in [2.45, 2.75) is 101 Å². The van der Waals surface area contributed by atoms with E-state index in [4.69, 9.17) is 5.73 Å². The summed E-state index contributed by atoms with van der Waals surface area (Å²) in [4.78, 5) is 33.1. The number of amides is 2. The number of hydrogen-bond donors (Lipinski definition) is 2. The van der Waals surface area contributed by atoms with Crippen molar-refractivity contribution in [3.8, 4) is 0 Å². The first kappa shape index (κ1) is 28.2. The molecule has 2 saturated carbocycles. The summed E-state index contributed by atoms with van der Waals surface area (Å²) in [6.45, 7) is 2.45. The summed E-state index contributed by atoms with van der Waals surface area (Å²) >= 11 is 1.79. The van der Waals surface area contributed by atoms with Crippen molar-refractivity contribution in [3.05, 3.63) is 58.0 Å². The number of hydrogen-bond acceptors (Lipinski definition) is 5. The fourth-order valence-corrected chi connectivity index (χ4v) is 7.47. The molecule has 1 aliphatic heterocycles. The number of rotatable bonds is 8. The van der Waals surface area contributed by atoms with E-state index in [0.29, 0.717) is 24.4 Å². The maximum atomic E-state index is 13.8. The first-order valence-electron chi connectivity index (χ1n) is 14.8. The van der Waals surface area contributed by atoms with E-state index >= 15 is 0 Å². The highest BCUT2D eigenvalue weighted by atomic mass is 32.1. The lowest BCUT2D eigenvalue weighted by atomic mass is 9.87. The van der Waals surface area contributed by atoms with Gasteiger partial charge in [0.15, 0.2) is 0 Å². The van der Waals surface area contributed by atoms with Crippen molar-refractivity contribution >= 4 is 23.2 Å². The monoisotopic (exact) mass is 554 g/mol. The summed E-state index contributed by atoms with van der Waals surface area (Å²) < 4.78 is 13.6. The zero-order valence-corrected chi connectivity index (χ0v) is 23.7. The van der Waals surface area contributed by atoms with Crippen molar-refractivity contribution in [1.29, 1.82) is 0 Å². The molecule has 1 aromatic heterocycles. The predicted molar refractivity (Wildman–Crippen MR) is 154 cm³/mol. The summed E-state index contributed by atoms with van der Waals surface area (Å²) in [7, 11) is 0. The number of benzene rings is 1. The second-order valence-electron chi connectivity index (χ2n) is 11.8. The molecule has 2 heterocycles. The van der Waals surface area contributed by atoms with Crippen LogP contribution >= 0.6 is 11.3 Å². The van der Waals surface area contributed by atoms with Gasteiger partial charge in [-0.3, -0.25) is 14.5 Å². The first-order chi connectivity index (χ1) is 19.0. The number of nitrogens with two attached hydrogens (primary N) is 1. The van der Waals surface area contributed by atoms with E-state index in [1.165, 1.54) is 61.2 Å². The smallest absolute Gasteiger partial charge is 0.254 e. The zero-order valence-electron chi connectivity index (χ0n) is 22.9. The molecule has 8 heteroatoms. The molecule has 2 aromatic rings. The van der Waals surface area contributed by atoms with Crippen molar-refractivity contribution in [2.24, 2.45) is 11.7 Å². The number of halogens is 1. The lowest BCUT2D eigenvalue weighted by Crippen LogP contribution is -2.59. The average molecular weight is 555 g/mol. The summed E-state index contributed by atoms with van der Waals surface area (Å²) in [5, 5.41) is 5.41. The SMILES string of the molecule is NC1CCC(NC(=O)[C@H]2CC(N(Cc3cccs3)CC3CCCCC3)CCN2C(=O)c2ccc(F)cc2)CC1. The number of nitrogens with one attached hydrogen (secondary N) is 1. The van der Waals surface area contributed by atoms with Gasteiger partial charge in [0, 0.05) is 48.2 Å². The summed E-state index contributed by atoms with van der Waals surface area (Å²) in [6, 6.07) is 9.96. The summed E-state index contributed by atoms with van der Waals surface area (Å²) in [6.07, 6.45) is 11.5. The van der Waals surface area contributed by atoms with E-state index in [1.807, 2.05) is 0 Å². The van der Waals surface area contributed by atoms with Crippen LogP contribution in [-0.2, 0) is 11.3 Å². The number of thiophene rings is 1. The van der Waals surface area contributed by atoms with E-state index in [-0.39, 0.29) is 35.8 Å². The number of carbonyl (C=O) groups excluding carboxylic acids is 2. The van der Waals surface area contributed by atoms with E-state index in [9.17, 15) is 14.0 Å². The average Bonchev–Trinajstić information content (AvgIpc) is 3.47. The topological polar surface area (TPSA) is 78.7 Å². The van der Waals surface area contributed by atoms with Crippen LogP contribution in [0.2, 0.25) is 0 Å². The fourth-order valence-electron chi connectivity index (χ4n) is 6.74. The van der Waals surface area contributed by atoms with Gasteiger partial charge in [0.2, 0.25) is 5.91 Å². The first-order valence-corrected chi connectivity index (χ1v) is 15.7. The molecule has 3 aliphatic rings. The van der Waals surface area contributed by atoms with Gasteiger partial charge in [-0.05, 0) is 93.0 Å². The Hall–Kier alpha value is -2.29. The Morgan fingerprint density at radius 1 is 1.00 bits per heavy atom. The highest BCUT2D eigenvalue weighted by molar-refractivity contribution is 7.09. The fraction of sp³-hybridized carbons (Fsp3) is 0.613. The Balaban J connectivity index is 1.35. The highest BCUT2D eigenvalue weighted by Crippen LogP contribution is 2.31. The molecule has 2 amide bonds. The van der Waals surface area contributed by atoms with Crippen molar-refractivity contribution < 1.29 is 14.0 Å². The van der Waals surface area contributed by atoms with Crippen LogP contribution in [0.1, 0.15) is 85.9 Å². The van der Waals surface area contributed by atoms with Crippen molar-refractivity contribution in [2.75, 3.05) is 13.1 Å². The molecular weight excluding hydrogens is 511 g/mol. The Kier molecular flexibility index (Phi) is 9.69. The predicted octanol–water partition coefficient (Wildman–Crippen LogP) is 5.33. The van der Waals surface area contributed by atoms with Gasteiger partial charge in [-0.1, -0.05) is 25.3 Å². The number of nitrogens with zero attached hydrogens (tertiary/aromatic N) is 2. The molecule has 5 rings (SSSR count). The minimum Gasteiger partial charge on any atom is -0.352 e. The molecule has 6 nitrogen and oxygen atoms in total. The maximum absolute atomic E-state index is 13.8. The van der Waals surface area contributed by atoms with Gasteiger partial charge in [-0.25, -0.2) is 4.39 Å². The molecule has 3 fully saturated rings. The lowest BCUT2D eigenvalue weighted by Gasteiger charge is -2.44. The van der Waals surface area contributed by atoms with E-state index in [2.05, 4.69) is 27.7 Å². The van der Waals surface area contributed by atoms with E-state index in [0.717, 1.165) is 45.2 Å². The molecule has 0 radical (unpaired) electrons. The van der Waals surface area contributed by atoms with Crippen molar-refractivity contribution in [3.63, 3.8) is 0 Å². The van der Waals surface area contributed by atoms with Gasteiger partial charge in [0.25, 0.3) is 5.91 Å². The van der Waals surface area contributed by atoms with Crippen LogP contribution in [0.25, 0.3) is 0 Å². The molecule has 2 atom stereocenters. The van der Waals surface area contributed by atoms with Gasteiger partial charge in [0.1, 0.15) is 11.9 Å². The lowest BCUT2D eigenvalue weighted by molar-refractivity contribution is -0.128. The third kappa shape index (κ3) is 7.47.